The van der Waals surface area contributed by atoms with Crippen LogP contribution in [0, 0.1) is 0 Å². The van der Waals surface area contributed by atoms with Crippen LogP contribution >= 0.6 is 0 Å². The van der Waals surface area contributed by atoms with Gasteiger partial charge in [0.15, 0.2) is 0 Å². The average molecular weight is 222 g/mol. The minimum atomic E-state index is -4.56. The molecule has 0 aliphatic carbocycles. The van der Waals surface area contributed by atoms with Crippen molar-refractivity contribution >= 4 is 12.2 Å². The monoisotopic (exact) mass is 222 g/mol. The van der Waals surface area contributed by atoms with E-state index in [2.05, 4.69) is 4.99 Å². The third-order valence-electron chi connectivity index (χ3n) is 2.12. The summed E-state index contributed by atoms with van der Waals surface area (Å²) in [5, 5.41) is 10.5. The minimum absolute atomic E-state index is 0.302. The number of halogens is 3. The fraction of sp³-hybridized carbons (Fsp3) is 0.500. The van der Waals surface area contributed by atoms with Gasteiger partial charge in [-0.2, -0.15) is 13.2 Å². The molecular formula is C8H9F3N2O2. The van der Waals surface area contributed by atoms with Gasteiger partial charge >= 0.3 is 12.1 Å². The molecule has 2 N–H and O–H groups in total. The standard InChI is InChI=1S/C8H9F3N2O2/c1-2-7(8(9,10)11)12-3-5(4-13-7)6(14)15/h3-4,12H,2H2,1H3,(H,14,15). The number of carboxylic acids is 1. The van der Waals surface area contributed by atoms with Crippen LogP contribution in [0.2, 0.25) is 0 Å². The van der Waals surface area contributed by atoms with Crippen LogP contribution in [0.25, 0.3) is 0 Å². The first-order valence-electron chi connectivity index (χ1n) is 4.15. The van der Waals surface area contributed by atoms with Crippen LogP contribution in [0.5, 0.6) is 0 Å². The van der Waals surface area contributed by atoms with Gasteiger partial charge < -0.3 is 10.4 Å². The molecule has 0 saturated heterocycles. The number of nitrogens with one attached hydrogen (secondary N) is 1. The molecule has 15 heavy (non-hydrogen) atoms. The van der Waals surface area contributed by atoms with Gasteiger partial charge in [-0.1, -0.05) is 6.92 Å². The van der Waals surface area contributed by atoms with E-state index in [0.717, 1.165) is 12.4 Å². The lowest BCUT2D eigenvalue weighted by Crippen LogP contribution is -2.54. The molecule has 0 aromatic rings. The summed E-state index contributed by atoms with van der Waals surface area (Å²) in [4.78, 5) is 13.7. The first kappa shape index (κ1) is 11.5. The molecule has 0 aromatic heterocycles. The molecule has 1 unspecified atom stereocenters. The zero-order valence-corrected chi connectivity index (χ0v) is 7.80. The molecule has 1 rings (SSSR count). The van der Waals surface area contributed by atoms with Gasteiger partial charge in [-0.05, 0) is 6.42 Å². The van der Waals surface area contributed by atoms with Crippen LogP contribution in [0.15, 0.2) is 16.8 Å². The Bertz CT molecular complexity index is 335. The van der Waals surface area contributed by atoms with Crippen LogP contribution in [0.4, 0.5) is 13.2 Å². The van der Waals surface area contributed by atoms with Crippen molar-refractivity contribution in [2.24, 2.45) is 4.99 Å². The molecule has 0 fully saturated rings. The van der Waals surface area contributed by atoms with Crippen molar-refractivity contribution in [3.63, 3.8) is 0 Å². The van der Waals surface area contributed by atoms with Crippen molar-refractivity contribution in [1.82, 2.24) is 5.32 Å². The maximum absolute atomic E-state index is 12.6. The summed E-state index contributed by atoms with van der Waals surface area (Å²) in [6.07, 6.45) is -3.34. The quantitative estimate of drug-likeness (QED) is 0.740. The Hall–Kier alpha value is -1.53. The van der Waals surface area contributed by atoms with E-state index in [0.29, 0.717) is 0 Å². The van der Waals surface area contributed by atoms with Gasteiger partial charge in [0.05, 0.1) is 5.57 Å². The number of carbonyl (C=O) groups is 1. The summed E-state index contributed by atoms with van der Waals surface area (Å²) in [7, 11) is 0. The fourth-order valence-electron chi connectivity index (χ4n) is 1.12. The van der Waals surface area contributed by atoms with E-state index in [9.17, 15) is 18.0 Å². The lowest BCUT2D eigenvalue weighted by Gasteiger charge is -2.33. The molecule has 84 valence electrons. The van der Waals surface area contributed by atoms with E-state index in [1.54, 1.807) is 0 Å². The normalized spacial score (nSPS) is 25.7. The number of alkyl halides is 3. The second kappa shape index (κ2) is 3.56. The molecule has 4 nitrogen and oxygen atoms in total. The largest absolute Gasteiger partial charge is 0.478 e. The molecule has 0 spiro atoms. The zero-order valence-electron chi connectivity index (χ0n) is 7.80. The Morgan fingerprint density at radius 1 is 1.67 bits per heavy atom. The third-order valence-corrected chi connectivity index (χ3v) is 2.12. The Morgan fingerprint density at radius 2 is 2.27 bits per heavy atom. The van der Waals surface area contributed by atoms with E-state index in [4.69, 9.17) is 5.11 Å². The molecular weight excluding hydrogens is 213 g/mol. The Labute approximate surface area is 83.5 Å². The predicted octanol–water partition coefficient (Wildman–Crippen LogP) is 1.30. The van der Waals surface area contributed by atoms with Crippen LogP contribution in [0.1, 0.15) is 13.3 Å². The van der Waals surface area contributed by atoms with Gasteiger partial charge in [-0.25, -0.2) is 4.79 Å². The van der Waals surface area contributed by atoms with Crippen LogP contribution < -0.4 is 5.32 Å². The molecule has 1 aliphatic rings. The Kier molecular flexibility index (Phi) is 2.74. The van der Waals surface area contributed by atoms with Crippen molar-refractivity contribution in [2.75, 3.05) is 0 Å². The maximum atomic E-state index is 12.6. The number of carboxylic acid groups (broad SMARTS) is 1. The molecule has 0 radical (unpaired) electrons. The Balaban J connectivity index is 2.96. The highest BCUT2D eigenvalue weighted by atomic mass is 19.4. The van der Waals surface area contributed by atoms with Crippen LogP contribution in [0.3, 0.4) is 0 Å². The molecule has 1 aliphatic heterocycles. The lowest BCUT2D eigenvalue weighted by atomic mass is 10.1. The highest BCUT2D eigenvalue weighted by Crippen LogP contribution is 2.35. The first-order chi connectivity index (χ1) is 6.82. The van der Waals surface area contributed by atoms with Gasteiger partial charge in [0.25, 0.3) is 0 Å². The van der Waals surface area contributed by atoms with Crippen LogP contribution in [-0.2, 0) is 4.79 Å². The topological polar surface area (TPSA) is 61.7 Å². The molecule has 1 heterocycles. The van der Waals surface area contributed by atoms with Crippen molar-refractivity contribution in [1.29, 1.82) is 0 Å². The smallest absolute Gasteiger partial charge is 0.432 e. The van der Waals surface area contributed by atoms with E-state index in [1.165, 1.54) is 6.92 Å². The van der Waals surface area contributed by atoms with Crippen molar-refractivity contribution < 1.29 is 23.1 Å². The molecule has 0 bridgehead atoms. The van der Waals surface area contributed by atoms with E-state index < -0.39 is 17.8 Å². The lowest BCUT2D eigenvalue weighted by molar-refractivity contribution is -0.192. The molecule has 1 atom stereocenters. The summed E-state index contributed by atoms with van der Waals surface area (Å²) < 4.78 is 37.7. The minimum Gasteiger partial charge on any atom is -0.478 e. The SMILES string of the molecule is CCC1(C(F)(F)F)N=CC(C(=O)O)=CN1. The Morgan fingerprint density at radius 3 is 2.53 bits per heavy atom. The van der Waals surface area contributed by atoms with Gasteiger partial charge in [-0.15, -0.1) is 0 Å². The molecule has 0 aromatic carbocycles. The van der Waals surface area contributed by atoms with Gasteiger partial charge in [0.2, 0.25) is 5.66 Å². The highest BCUT2D eigenvalue weighted by molar-refractivity contribution is 6.08. The summed E-state index contributed by atoms with van der Waals surface area (Å²) in [5.41, 5.74) is -2.70. The van der Waals surface area contributed by atoms with Crippen molar-refractivity contribution in [3.8, 4) is 0 Å². The van der Waals surface area contributed by atoms with Gasteiger partial charge in [0.1, 0.15) is 0 Å². The summed E-state index contributed by atoms with van der Waals surface area (Å²) in [6.45, 7) is 1.32. The van der Waals surface area contributed by atoms with Crippen molar-refractivity contribution in [2.45, 2.75) is 25.2 Å². The van der Waals surface area contributed by atoms with E-state index >= 15 is 0 Å². The van der Waals surface area contributed by atoms with Gasteiger partial charge in [-0.3, -0.25) is 4.99 Å². The number of nitrogens with zero attached hydrogens (tertiary/aromatic N) is 1. The number of hydrogen-bond acceptors (Lipinski definition) is 3. The second-order valence-corrected chi connectivity index (χ2v) is 3.02. The highest BCUT2D eigenvalue weighted by Gasteiger charge is 2.54. The summed E-state index contributed by atoms with van der Waals surface area (Å²) in [6, 6.07) is 0. The third kappa shape index (κ3) is 1.95. The first-order valence-corrected chi connectivity index (χ1v) is 4.15. The predicted molar refractivity (Wildman–Crippen MR) is 46.4 cm³/mol. The fourth-order valence-corrected chi connectivity index (χ4v) is 1.12. The number of aliphatic imine (C=N–C) groups is 1. The molecule has 0 amide bonds. The summed E-state index contributed by atoms with van der Waals surface area (Å²) in [5.74, 6) is -1.32. The second-order valence-electron chi connectivity index (χ2n) is 3.02. The number of hydrogen-bond donors (Lipinski definition) is 2. The van der Waals surface area contributed by atoms with Crippen molar-refractivity contribution in [3.05, 3.63) is 11.8 Å². The number of rotatable bonds is 2. The molecule has 0 saturated carbocycles. The number of aliphatic carboxylic acids is 1. The molecule has 7 heteroatoms. The van der Waals surface area contributed by atoms with Crippen LogP contribution in [-0.4, -0.2) is 29.1 Å². The zero-order chi connectivity index (χ0) is 11.7. The average Bonchev–Trinajstić information content (AvgIpc) is 2.16. The van der Waals surface area contributed by atoms with E-state index in [-0.39, 0.29) is 12.0 Å². The van der Waals surface area contributed by atoms with E-state index in [1.807, 2.05) is 5.32 Å². The maximum Gasteiger partial charge on any atom is 0.432 e. The summed E-state index contributed by atoms with van der Waals surface area (Å²) >= 11 is 0. The van der Waals surface area contributed by atoms with Gasteiger partial charge in [0, 0.05) is 12.4 Å².